The van der Waals surface area contributed by atoms with Crippen molar-refractivity contribution >= 4 is 23.9 Å². The van der Waals surface area contributed by atoms with Gasteiger partial charge in [-0.05, 0) is 38.5 Å². The maximum Gasteiger partial charge on any atom is 0.311 e. The molecule has 0 heterocycles. The van der Waals surface area contributed by atoms with Crippen LogP contribution >= 0.6 is 0 Å². The van der Waals surface area contributed by atoms with Crippen molar-refractivity contribution < 1.29 is 39.6 Å². The van der Waals surface area contributed by atoms with Gasteiger partial charge >= 0.3 is 23.9 Å². The predicted octanol–water partition coefficient (Wildman–Crippen LogP) is 1.21. The van der Waals surface area contributed by atoms with Gasteiger partial charge in [0.05, 0.1) is 22.7 Å². The molecule has 0 unspecified atom stereocenters. The molecule has 8 heteroatoms. The minimum Gasteiger partial charge on any atom is -0.481 e. The Morgan fingerprint density at radius 2 is 1.27 bits per heavy atom. The molecule has 4 N–H and O–H groups in total. The Balaban J connectivity index is 1.97. The Kier molecular flexibility index (Phi) is 2.42. The van der Waals surface area contributed by atoms with Crippen molar-refractivity contribution in [3.8, 4) is 0 Å². The van der Waals surface area contributed by atoms with Crippen molar-refractivity contribution in [2.75, 3.05) is 0 Å². The summed E-state index contributed by atoms with van der Waals surface area (Å²) in [4.78, 5) is 49.4. The van der Waals surface area contributed by atoms with E-state index in [2.05, 4.69) is 0 Å². The summed E-state index contributed by atoms with van der Waals surface area (Å²) >= 11 is 0. The lowest BCUT2D eigenvalue weighted by Crippen LogP contribution is -2.73. The molecule has 0 aliphatic heterocycles. The van der Waals surface area contributed by atoms with Gasteiger partial charge in [-0.25, -0.2) is 0 Å². The molecule has 0 aromatic heterocycles. The maximum absolute atomic E-state index is 12.6. The predicted molar refractivity (Wildman–Crippen MR) is 82.0 cm³/mol. The molecule has 138 valence electrons. The largest absolute Gasteiger partial charge is 0.481 e. The molecule has 0 saturated heterocycles. The molecule has 2 spiro atoms. The Labute approximate surface area is 147 Å². The van der Waals surface area contributed by atoms with Gasteiger partial charge in [0.15, 0.2) is 0 Å². The van der Waals surface area contributed by atoms with E-state index in [1.54, 1.807) is 0 Å². The molecule has 0 aromatic carbocycles. The van der Waals surface area contributed by atoms with Crippen molar-refractivity contribution in [1.29, 1.82) is 0 Å². The SMILES string of the molecule is O=C(O)[C@@H]1[C@H](C(=O)O)[C@@]23C[C@]2(C(=O)O)[C@]2(C(=O)O)CCC3=C3CCC[C@]312. The zero-order valence-corrected chi connectivity index (χ0v) is 13.8. The van der Waals surface area contributed by atoms with Crippen LogP contribution in [0, 0.1) is 33.5 Å². The molecule has 0 amide bonds. The Hall–Kier alpha value is -2.38. The number of carbonyl (C=O) groups is 4. The number of allylic oxidation sites excluding steroid dienone is 2. The summed E-state index contributed by atoms with van der Waals surface area (Å²) in [6.45, 7) is 0. The van der Waals surface area contributed by atoms with Gasteiger partial charge in [-0.1, -0.05) is 11.1 Å². The van der Waals surface area contributed by atoms with Crippen LogP contribution in [0.15, 0.2) is 11.1 Å². The number of carboxylic acids is 4. The average Bonchev–Trinajstić information content (AvgIpc) is 3.10. The third-order valence-corrected chi connectivity index (χ3v) is 8.52. The Morgan fingerprint density at radius 3 is 1.81 bits per heavy atom. The molecule has 4 bridgehead atoms. The highest BCUT2D eigenvalue weighted by Crippen LogP contribution is 2.95. The summed E-state index contributed by atoms with van der Waals surface area (Å²) < 4.78 is 0. The van der Waals surface area contributed by atoms with Gasteiger partial charge in [-0.2, -0.15) is 0 Å². The molecule has 7 aliphatic rings. The topological polar surface area (TPSA) is 149 Å². The first kappa shape index (κ1) is 15.8. The lowest BCUT2D eigenvalue weighted by Gasteiger charge is -2.67. The van der Waals surface area contributed by atoms with Crippen molar-refractivity contribution in [2.24, 2.45) is 33.5 Å². The lowest BCUT2D eigenvalue weighted by atomic mass is 9.32. The van der Waals surface area contributed by atoms with E-state index in [1.807, 2.05) is 0 Å². The highest BCUT2D eigenvalue weighted by atomic mass is 16.4. The van der Waals surface area contributed by atoms with Crippen LogP contribution in [-0.2, 0) is 19.2 Å². The number of aliphatic carboxylic acids is 4. The quantitative estimate of drug-likeness (QED) is 0.545. The van der Waals surface area contributed by atoms with E-state index in [9.17, 15) is 39.6 Å². The first-order valence-corrected chi connectivity index (χ1v) is 8.82. The number of hydrogen-bond donors (Lipinski definition) is 4. The van der Waals surface area contributed by atoms with Crippen LogP contribution < -0.4 is 0 Å². The number of rotatable bonds is 4. The second-order valence-electron chi connectivity index (χ2n) is 8.48. The van der Waals surface area contributed by atoms with E-state index in [0.717, 1.165) is 11.1 Å². The van der Waals surface area contributed by atoms with Crippen molar-refractivity contribution in [3.63, 3.8) is 0 Å². The molecular formula is C18H18O8. The Bertz CT molecular complexity index is 872. The zero-order valence-electron chi connectivity index (χ0n) is 13.8. The fourth-order valence-corrected chi connectivity index (χ4v) is 8.23. The third kappa shape index (κ3) is 1.05. The van der Waals surface area contributed by atoms with Crippen LogP contribution in [0.1, 0.15) is 38.5 Å². The van der Waals surface area contributed by atoms with Crippen LogP contribution in [0.25, 0.3) is 0 Å². The van der Waals surface area contributed by atoms with E-state index >= 15 is 0 Å². The van der Waals surface area contributed by atoms with Crippen molar-refractivity contribution in [1.82, 2.24) is 0 Å². The van der Waals surface area contributed by atoms with Crippen LogP contribution in [0.4, 0.5) is 0 Å². The maximum atomic E-state index is 12.6. The third-order valence-electron chi connectivity index (χ3n) is 8.52. The van der Waals surface area contributed by atoms with E-state index in [1.165, 1.54) is 0 Å². The molecule has 7 rings (SSSR count). The molecule has 8 nitrogen and oxygen atoms in total. The van der Waals surface area contributed by atoms with E-state index in [-0.39, 0.29) is 19.3 Å². The molecule has 0 radical (unpaired) electrons. The normalized spacial score (nSPS) is 49.5. The minimum atomic E-state index is -1.74. The van der Waals surface area contributed by atoms with Crippen LogP contribution in [0.3, 0.4) is 0 Å². The van der Waals surface area contributed by atoms with Crippen LogP contribution in [0.5, 0.6) is 0 Å². The average molecular weight is 362 g/mol. The van der Waals surface area contributed by atoms with Gasteiger partial charge in [-0.15, -0.1) is 0 Å². The number of hydrogen-bond acceptors (Lipinski definition) is 4. The van der Waals surface area contributed by atoms with E-state index < -0.39 is 57.4 Å². The van der Waals surface area contributed by atoms with Gasteiger partial charge in [0, 0.05) is 10.8 Å². The van der Waals surface area contributed by atoms with Gasteiger partial charge in [0.25, 0.3) is 0 Å². The highest BCUT2D eigenvalue weighted by Gasteiger charge is 2.99. The molecular weight excluding hydrogens is 344 g/mol. The first-order valence-electron chi connectivity index (χ1n) is 8.82. The highest BCUT2D eigenvalue weighted by molar-refractivity contribution is 6.00. The smallest absolute Gasteiger partial charge is 0.311 e. The molecule has 0 aromatic rings. The fourth-order valence-electron chi connectivity index (χ4n) is 8.23. The van der Waals surface area contributed by atoms with Crippen LogP contribution in [0.2, 0.25) is 0 Å². The fraction of sp³-hybridized carbons (Fsp3) is 0.667. The van der Waals surface area contributed by atoms with Gasteiger partial charge < -0.3 is 20.4 Å². The zero-order chi connectivity index (χ0) is 18.9. The monoisotopic (exact) mass is 362 g/mol. The summed E-state index contributed by atoms with van der Waals surface area (Å²) in [6, 6.07) is 0. The summed E-state index contributed by atoms with van der Waals surface area (Å²) in [5.41, 5.74) is -4.71. The Morgan fingerprint density at radius 1 is 0.731 bits per heavy atom. The minimum absolute atomic E-state index is 0.0747. The standard InChI is InChI=1S/C18H18O8/c19-11(20)9-10(12(21)22)16-6-18(16,14(25)26)17(13(23)24)5-3-8(16)7-2-1-4-15(7,9)17/h9-10H,1-6H2,(H,19,20)(H,21,22)(H,23,24)(H,25,26)/t9-,10+,15-,16-,17-,18+/m0/s1. The summed E-state index contributed by atoms with van der Waals surface area (Å²) in [6.07, 6.45) is 1.68. The van der Waals surface area contributed by atoms with Crippen LogP contribution in [-0.4, -0.2) is 44.3 Å². The first-order chi connectivity index (χ1) is 12.2. The lowest BCUT2D eigenvalue weighted by molar-refractivity contribution is -0.220. The second-order valence-corrected chi connectivity index (χ2v) is 8.48. The van der Waals surface area contributed by atoms with Crippen molar-refractivity contribution in [3.05, 3.63) is 11.1 Å². The van der Waals surface area contributed by atoms with Crippen molar-refractivity contribution in [2.45, 2.75) is 38.5 Å². The molecule has 26 heavy (non-hydrogen) atoms. The summed E-state index contributed by atoms with van der Waals surface area (Å²) in [5.74, 6) is -8.02. The van der Waals surface area contributed by atoms with Gasteiger partial charge in [0.1, 0.15) is 0 Å². The second kappa shape index (κ2) is 3.97. The molecule has 6 atom stereocenters. The number of carboxylic acid groups (broad SMARTS) is 4. The summed E-state index contributed by atoms with van der Waals surface area (Å²) in [7, 11) is 0. The number of fused-ring (bicyclic) bond motifs is 2. The molecule has 7 aliphatic carbocycles. The van der Waals surface area contributed by atoms with E-state index in [4.69, 9.17) is 0 Å². The van der Waals surface area contributed by atoms with E-state index in [0.29, 0.717) is 19.3 Å². The van der Waals surface area contributed by atoms with Gasteiger partial charge in [-0.3, -0.25) is 19.2 Å². The molecule has 4 saturated carbocycles. The molecule has 4 fully saturated rings. The van der Waals surface area contributed by atoms with Gasteiger partial charge in [0.2, 0.25) is 0 Å². The summed E-state index contributed by atoms with van der Waals surface area (Å²) in [5, 5.41) is 40.3.